The lowest BCUT2D eigenvalue weighted by molar-refractivity contribution is -0.198. The lowest BCUT2D eigenvalue weighted by Gasteiger charge is -2.30. The molecular weight excluding hydrogens is 192 g/mol. The van der Waals surface area contributed by atoms with Crippen LogP contribution in [0.1, 0.15) is 44.9 Å². The summed E-state index contributed by atoms with van der Waals surface area (Å²) in [5.41, 5.74) is 5.91. The fraction of sp³-hybridized carbons (Fsp3) is 0.909. The van der Waals surface area contributed by atoms with Gasteiger partial charge in [0, 0.05) is 18.5 Å². The van der Waals surface area contributed by atoms with Gasteiger partial charge in [-0.1, -0.05) is 12.8 Å². The predicted octanol–water partition coefficient (Wildman–Crippen LogP) is 1.20. The van der Waals surface area contributed by atoms with E-state index in [0.29, 0.717) is 13.0 Å². The van der Waals surface area contributed by atoms with Crippen LogP contribution in [0.15, 0.2) is 0 Å². The molecule has 1 saturated carbocycles. The molecule has 0 spiro atoms. The van der Waals surface area contributed by atoms with Crippen molar-refractivity contribution in [3.63, 3.8) is 0 Å². The van der Waals surface area contributed by atoms with E-state index in [1.165, 1.54) is 5.06 Å². The Bertz CT molecular complexity index is 231. The molecule has 1 saturated heterocycles. The maximum Gasteiger partial charge on any atom is 0.247 e. The highest BCUT2D eigenvalue weighted by atomic mass is 16.7. The molecule has 2 aliphatic rings. The van der Waals surface area contributed by atoms with Gasteiger partial charge in [0.05, 0.1) is 6.61 Å². The highest BCUT2D eigenvalue weighted by Crippen LogP contribution is 2.30. The van der Waals surface area contributed by atoms with Crippen molar-refractivity contribution in [3.8, 4) is 0 Å². The largest absolute Gasteiger partial charge is 0.325 e. The van der Waals surface area contributed by atoms with Crippen LogP contribution < -0.4 is 5.73 Å². The summed E-state index contributed by atoms with van der Waals surface area (Å²) < 4.78 is 0. The molecule has 2 fully saturated rings. The topological polar surface area (TPSA) is 55.6 Å². The maximum absolute atomic E-state index is 11.9. The van der Waals surface area contributed by atoms with Gasteiger partial charge in [-0.25, -0.2) is 5.06 Å². The highest BCUT2D eigenvalue weighted by molar-refractivity contribution is 5.76. The molecule has 1 aliphatic carbocycles. The Morgan fingerprint density at radius 1 is 1.27 bits per heavy atom. The molecule has 0 aromatic carbocycles. The van der Waals surface area contributed by atoms with Gasteiger partial charge in [-0.3, -0.25) is 9.63 Å². The summed E-state index contributed by atoms with van der Waals surface area (Å²) in [6.45, 7) is 1.40. The Balaban J connectivity index is 1.85. The average molecular weight is 212 g/mol. The number of nitrogens with two attached hydrogens (primary N) is 1. The normalized spacial score (nSPS) is 25.5. The number of nitrogens with zero attached hydrogens (tertiary/aromatic N) is 1. The summed E-state index contributed by atoms with van der Waals surface area (Å²) in [5, 5.41) is 1.51. The fourth-order valence-electron chi connectivity index (χ4n) is 2.44. The van der Waals surface area contributed by atoms with Crippen LogP contribution in [0.2, 0.25) is 0 Å². The molecule has 0 aromatic heterocycles. The summed E-state index contributed by atoms with van der Waals surface area (Å²) in [5.74, 6) is 0.0686. The molecule has 86 valence electrons. The molecular formula is C11H20N2O2. The van der Waals surface area contributed by atoms with Crippen molar-refractivity contribution in [1.29, 1.82) is 0 Å². The molecule has 0 atom stereocenters. The van der Waals surface area contributed by atoms with Gasteiger partial charge in [-0.2, -0.15) is 0 Å². The van der Waals surface area contributed by atoms with Crippen molar-refractivity contribution in [1.82, 2.24) is 5.06 Å². The molecule has 0 unspecified atom stereocenters. The zero-order valence-electron chi connectivity index (χ0n) is 9.21. The monoisotopic (exact) mass is 212 g/mol. The first-order chi connectivity index (χ1) is 7.20. The molecule has 0 radical (unpaired) electrons. The number of rotatable bonds is 2. The van der Waals surface area contributed by atoms with Gasteiger partial charge in [-0.05, 0) is 25.7 Å². The molecule has 4 heteroatoms. The van der Waals surface area contributed by atoms with Crippen LogP contribution >= 0.6 is 0 Å². The minimum atomic E-state index is -0.252. The number of hydroxylamine groups is 2. The van der Waals surface area contributed by atoms with E-state index in [1.807, 2.05) is 0 Å². The SMILES string of the molecule is NC1(CC(=O)N2CCCCO2)CCCC1. The second-order valence-electron chi connectivity index (χ2n) is 4.78. The summed E-state index contributed by atoms with van der Waals surface area (Å²) in [6, 6.07) is 0. The van der Waals surface area contributed by atoms with Gasteiger partial charge in [0.1, 0.15) is 0 Å². The van der Waals surface area contributed by atoms with Crippen molar-refractivity contribution < 1.29 is 9.63 Å². The van der Waals surface area contributed by atoms with E-state index in [-0.39, 0.29) is 11.4 Å². The number of hydrogen-bond donors (Lipinski definition) is 1. The molecule has 2 N–H and O–H groups in total. The second kappa shape index (κ2) is 4.49. The first-order valence-corrected chi connectivity index (χ1v) is 5.92. The predicted molar refractivity (Wildman–Crippen MR) is 56.9 cm³/mol. The quantitative estimate of drug-likeness (QED) is 0.748. The Labute approximate surface area is 90.7 Å². The van der Waals surface area contributed by atoms with Crippen molar-refractivity contribution >= 4 is 5.91 Å². The number of amides is 1. The van der Waals surface area contributed by atoms with Crippen LogP contribution in [0.3, 0.4) is 0 Å². The molecule has 1 aliphatic heterocycles. The van der Waals surface area contributed by atoms with Crippen LogP contribution in [0.4, 0.5) is 0 Å². The van der Waals surface area contributed by atoms with Crippen LogP contribution in [-0.2, 0) is 9.63 Å². The molecule has 0 aromatic rings. The molecule has 1 amide bonds. The Kier molecular flexibility index (Phi) is 3.26. The third kappa shape index (κ3) is 2.69. The molecule has 4 nitrogen and oxygen atoms in total. The molecule has 2 rings (SSSR count). The van der Waals surface area contributed by atoms with Gasteiger partial charge in [0.15, 0.2) is 0 Å². The third-order valence-electron chi connectivity index (χ3n) is 3.38. The van der Waals surface area contributed by atoms with E-state index < -0.39 is 0 Å². The van der Waals surface area contributed by atoms with E-state index in [4.69, 9.17) is 10.6 Å². The van der Waals surface area contributed by atoms with E-state index in [2.05, 4.69) is 0 Å². The average Bonchev–Trinajstić information content (AvgIpc) is 2.66. The minimum absolute atomic E-state index is 0.0686. The zero-order valence-corrected chi connectivity index (χ0v) is 9.21. The van der Waals surface area contributed by atoms with Crippen LogP contribution in [0, 0.1) is 0 Å². The molecule has 1 heterocycles. The van der Waals surface area contributed by atoms with E-state index in [0.717, 1.165) is 45.1 Å². The fourth-order valence-corrected chi connectivity index (χ4v) is 2.44. The summed E-state index contributed by atoms with van der Waals surface area (Å²) in [4.78, 5) is 17.2. The lowest BCUT2D eigenvalue weighted by atomic mass is 9.94. The molecule has 0 bridgehead atoms. The van der Waals surface area contributed by atoms with Crippen molar-refractivity contribution in [2.24, 2.45) is 5.73 Å². The highest BCUT2D eigenvalue weighted by Gasteiger charge is 2.33. The van der Waals surface area contributed by atoms with Gasteiger partial charge < -0.3 is 5.73 Å². The summed E-state index contributed by atoms with van der Waals surface area (Å²) >= 11 is 0. The first kappa shape index (κ1) is 10.9. The van der Waals surface area contributed by atoms with Gasteiger partial charge in [0.2, 0.25) is 5.91 Å². The van der Waals surface area contributed by atoms with Gasteiger partial charge in [-0.15, -0.1) is 0 Å². The Morgan fingerprint density at radius 2 is 2.00 bits per heavy atom. The lowest BCUT2D eigenvalue weighted by Crippen LogP contribution is -2.45. The third-order valence-corrected chi connectivity index (χ3v) is 3.38. The van der Waals surface area contributed by atoms with Crippen molar-refractivity contribution in [3.05, 3.63) is 0 Å². The summed E-state index contributed by atoms with van der Waals surface area (Å²) in [6.07, 6.45) is 6.82. The van der Waals surface area contributed by atoms with Gasteiger partial charge in [0.25, 0.3) is 0 Å². The molecule has 15 heavy (non-hydrogen) atoms. The van der Waals surface area contributed by atoms with E-state index in [9.17, 15) is 4.79 Å². The van der Waals surface area contributed by atoms with Gasteiger partial charge >= 0.3 is 0 Å². The van der Waals surface area contributed by atoms with E-state index in [1.54, 1.807) is 0 Å². The van der Waals surface area contributed by atoms with Crippen molar-refractivity contribution in [2.45, 2.75) is 50.5 Å². The Hall–Kier alpha value is -0.610. The number of carbonyl (C=O) groups is 1. The number of carbonyl (C=O) groups excluding carboxylic acids is 1. The maximum atomic E-state index is 11.9. The van der Waals surface area contributed by atoms with Crippen LogP contribution in [-0.4, -0.2) is 29.7 Å². The standard InChI is InChI=1S/C11H20N2O2/c12-11(5-1-2-6-11)9-10(14)13-7-3-4-8-15-13/h1-9,12H2. The van der Waals surface area contributed by atoms with E-state index >= 15 is 0 Å². The van der Waals surface area contributed by atoms with Crippen LogP contribution in [0.5, 0.6) is 0 Å². The Morgan fingerprint density at radius 3 is 2.60 bits per heavy atom. The number of hydrogen-bond acceptors (Lipinski definition) is 3. The smallest absolute Gasteiger partial charge is 0.247 e. The van der Waals surface area contributed by atoms with Crippen molar-refractivity contribution in [2.75, 3.05) is 13.2 Å². The minimum Gasteiger partial charge on any atom is -0.325 e. The summed E-state index contributed by atoms with van der Waals surface area (Å²) in [7, 11) is 0. The van der Waals surface area contributed by atoms with Crippen LogP contribution in [0.25, 0.3) is 0 Å². The first-order valence-electron chi connectivity index (χ1n) is 5.92. The zero-order chi connectivity index (χ0) is 10.7. The second-order valence-corrected chi connectivity index (χ2v) is 4.78.